The lowest BCUT2D eigenvalue weighted by Gasteiger charge is -2.20. The Balaban J connectivity index is 0.00000156. The minimum absolute atomic E-state index is 0. The van der Waals surface area contributed by atoms with Crippen LogP contribution in [0, 0.1) is 0 Å². The van der Waals surface area contributed by atoms with Crippen molar-refractivity contribution in [3.8, 4) is 5.75 Å². The average molecular weight is 392 g/mol. The normalized spacial score (nSPS) is 25.0. The van der Waals surface area contributed by atoms with Gasteiger partial charge in [0.25, 0.3) is 0 Å². The van der Waals surface area contributed by atoms with Gasteiger partial charge in [-0.1, -0.05) is 6.07 Å². The molecule has 1 aromatic rings. The van der Waals surface area contributed by atoms with Gasteiger partial charge in [0.2, 0.25) is 5.91 Å². The molecule has 3 N–H and O–H groups in total. The first-order valence-corrected chi connectivity index (χ1v) is 8.24. The van der Waals surface area contributed by atoms with Crippen molar-refractivity contribution in [1.29, 1.82) is 0 Å². The van der Waals surface area contributed by atoms with Crippen LogP contribution in [0.4, 0.5) is 5.69 Å². The van der Waals surface area contributed by atoms with Crippen LogP contribution in [0.25, 0.3) is 0 Å². The first-order valence-electron chi connectivity index (χ1n) is 8.24. The standard InChI is InChI=1S/C17H25N3O3.2ClH/c1-22-14-4-2-3-13(9-14)20-8-7-12(11-20)19-17(21)16-6-5-15(10-18)23-16;;/h2-4,9,12,15-16H,5-8,10-11,18H2,1H3,(H,19,21);2*1H/t12?,15-,16+;;/m1../s1. The van der Waals surface area contributed by atoms with E-state index in [1.165, 1.54) is 0 Å². The van der Waals surface area contributed by atoms with Gasteiger partial charge in [0, 0.05) is 37.4 Å². The number of methoxy groups -OCH3 is 1. The zero-order chi connectivity index (χ0) is 16.2. The summed E-state index contributed by atoms with van der Waals surface area (Å²) in [5.41, 5.74) is 6.72. The summed E-state index contributed by atoms with van der Waals surface area (Å²) in [6.07, 6.45) is 2.27. The fourth-order valence-corrected chi connectivity index (χ4v) is 3.29. The minimum Gasteiger partial charge on any atom is -0.497 e. The van der Waals surface area contributed by atoms with E-state index in [0.29, 0.717) is 6.54 Å². The van der Waals surface area contributed by atoms with Gasteiger partial charge in [-0.05, 0) is 31.4 Å². The zero-order valence-electron chi connectivity index (χ0n) is 14.3. The molecule has 1 amide bonds. The molecule has 0 saturated carbocycles. The van der Waals surface area contributed by atoms with Crippen LogP contribution in [0.15, 0.2) is 24.3 Å². The highest BCUT2D eigenvalue weighted by Crippen LogP contribution is 2.25. The number of hydrogen-bond donors (Lipinski definition) is 2. The van der Waals surface area contributed by atoms with Crippen LogP contribution in [-0.4, -0.2) is 50.9 Å². The van der Waals surface area contributed by atoms with E-state index in [-0.39, 0.29) is 49.0 Å². The Morgan fingerprint density at radius 3 is 2.84 bits per heavy atom. The highest BCUT2D eigenvalue weighted by atomic mass is 35.5. The number of hydrogen-bond acceptors (Lipinski definition) is 5. The Kier molecular flexibility index (Phi) is 8.79. The fraction of sp³-hybridized carbons (Fsp3) is 0.588. The van der Waals surface area contributed by atoms with Crippen LogP contribution in [0.5, 0.6) is 5.75 Å². The van der Waals surface area contributed by atoms with E-state index >= 15 is 0 Å². The lowest BCUT2D eigenvalue weighted by atomic mass is 10.1. The highest BCUT2D eigenvalue weighted by Gasteiger charge is 2.32. The van der Waals surface area contributed by atoms with Crippen LogP contribution < -0.4 is 20.7 Å². The van der Waals surface area contributed by atoms with Gasteiger partial charge in [-0.15, -0.1) is 24.8 Å². The van der Waals surface area contributed by atoms with E-state index in [1.807, 2.05) is 18.2 Å². The maximum Gasteiger partial charge on any atom is 0.249 e. The second-order valence-electron chi connectivity index (χ2n) is 6.20. The SMILES string of the molecule is COc1cccc(N2CCC(NC(=O)[C@@H]3CC[C@H](CN)O3)C2)c1.Cl.Cl. The number of carbonyl (C=O) groups excluding carboxylic acids is 1. The predicted octanol–water partition coefficient (Wildman–Crippen LogP) is 1.74. The van der Waals surface area contributed by atoms with Crippen molar-refractivity contribution < 1.29 is 14.3 Å². The van der Waals surface area contributed by atoms with Gasteiger partial charge in [-0.3, -0.25) is 4.79 Å². The van der Waals surface area contributed by atoms with Crippen molar-refractivity contribution >= 4 is 36.4 Å². The Labute approximate surface area is 161 Å². The molecule has 0 spiro atoms. The molecular formula is C17H27Cl2N3O3. The van der Waals surface area contributed by atoms with Crippen molar-refractivity contribution in [2.24, 2.45) is 5.73 Å². The average Bonchev–Trinajstić information content (AvgIpc) is 3.24. The first-order chi connectivity index (χ1) is 11.2. The zero-order valence-corrected chi connectivity index (χ0v) is 16.0. The molecular weight excluding hydrogens is 365 g/mol. The molecule has 3 rings (SSSR count). The van der Waals surface area contributed by atoms with E-state index in [4.69, 9.17) is 15.2 Å². The van der Waals surface area contributed by atoms with Gasteiger partial charge in [0.15, 0.2) is 0 Å². The van der Waals surface area contributed by atoms with Crippen LogP contribution >= 0.6 is 24.8 Å². The molecule has 2 aliphatic heterocycles. The van der Waals surface area contributed by atoms with Gasteiger partial charge < -0.3 is 25.4 Å². The van der Waals surface area contributed by atoms with E-state index in [1.54, 1.807) is 7.11 Å². The molecule has 2 saturated heterocycles. The van der Waals surface area contributed by atoms with Crippen molar-refractivity contribution in [3.63, 3.8) is 0 Å². The number of carbonyl (C=O) groups is 1. The Morgan fingerprint density at radius 1 is 1.36 bits per heavy atom. The van der Waals surface area contributed by atoms with Crippen LogP contribution in [-0.2, 0) is 9.53 Å². The Morgan fingerprint density at radius 2 is 2.16 bits per heavy atom. The number of nitrogens with zero attached hydrogens (tertiary/aromatic N) is 1. The third kappa shape index (κ3) is 5.38. The first kappa shape index (κ1) is 21.8. The molecule has 3 atom stereocenters. The van der Waals surface area contributed by atoms with Gasteiger partial charge in [0.05, 0.1) is 13.2 Å². The molecule has 8 heteroatoms. The number of nitrogens with two attached hydrogens (primary N) is 1. The summed E-state index contributed by atoms with van der Waals surface area (Å²) in [5.74, 6) is 0.848. The molecule has 2 aliphatic rings. The largest absolute Gasteiger partial charge is 0.497 e. The number of halogens is 2. The molecule has 0 aliphatic carbocycles. The van der Waals surface area contributed by atoms with E-state index in [0.717, 1.165) is 43.8 Å². The quantitative estimate of drug-likeness (QED) is 0.799. The smallest absolute Gasteiger partial charge is 0.249 e. The molecule has 6 nitrogen and oxygen atoms in total. The van der Waals surface area contributed by atoms with Gasteiger partial charge in [-0.2, -0.15) is 0 Å². The predicted molar refractivity (Wildman–Crippen MR) is 103 cm³/mol. The minimum atomic E-state index is -0.339. The summed E-state index contributed by atoms with van der Waals surface area (Å²) in [6.45, 7) is 2.22. The van der Waals surface area contributed by atoms with Crippen LogP contribution in [0.1, 0.15) is 19.3 Å². The van der Waals surface area contributed by atoms with Crippen molar-refractivity contribution in [1.82, 2.24) is 5.32 Å². The van der Waals surface area contributed by atoms with Gasteiger partial charge in [0.1, 0.15) is 11.9 Å². The van der Waals surface area contributed by atoms with Crippen molar-refractivity contribution in [3.05, 3.63) is 24.3 Å². The summed E-state index contributed by atoms with van der Waals surface area (Å²) in [6, 6.07) is 8.17. The number of rotatable bonds is 5. The maximum absolute atomic E-state index is 12.3. The lowest BCUT2D eigenvalue weighted by molar-refractivity contribution is -0.132. The summed E-state index contributed by atoms with van der Waals surface area (Å²) in [5, 5.41) is 3.12. The monoisotopic (exact) mass is 391 g/mol. The van der Waals surface area contributed by atoms with Crippen LogP contribution in [0.2, 0.25) is 0 Å². The number of nitrogens with one attached hydrogen (secondary N) is 1. The Bertz CT molecular complexity index is 562. The Hall–Kier alpha value is -1.21. The van der Waals surface area contributed by atoms with Crippen molar-refractivity contribution in [2.75, 3.05) is 31.6 Å². The molecule has 0 radical (unpaired) electrons. The molecule has 2 heterocycles. The molecule has 0 aromatic heterocycles. The number of anilines is 1. The summed E-state index contributed by atoms with van der Waals surface area (Å²) in [4.78, 5) is 14.6. The van der Waals surface area contributed by atoms with Crippen LogP contribution in [0.3, 0.4) is 0 Å². The molecule has 2 fully saturated rings. The van der Waals surface area contributed by atoms with Gasteiger partial charge >= 0.3 is 0 Å². The van der Waals surface area contributed by atoms with E-state index in [2.05, 4.69) is 16.3 Å². The molecule has 1 aromatic carbocycles. The topological polar surface area (TPSA) is 76.8 Å². The van der Waals surface area contributed by atoms with E-state index < -0.39 is 0 Å². The number of ether oxygens (including phenoxy) is 2. The summed E-state index contributed by atoms with van der Waals surface area (Å²) >= 11 is 0. The lowest BCUT2D eigenvalue weighted by Crippen LogP contribution is -2.43. The highest BCUT2D eigenvalue weighted by molar-refractivity contribution is 5.85. The number of amides is 1. The maximum atomic E-state index is 12.3. The second-order valence-corrected chi connectivity index (χ2v) is 6.20. The van der Waals surface area contributed by atoms with Gasteiger partial charge in [-0.25, -0.2) is 0 Å². The fourth-order valence-electron chi connectivity index (χ4n) is 3.29. The summed E-state index contributed by atoms with van der Waals surface area (Å²) < 4.78 is 10.9. The molecule has 1 unspecified atom stereocenters. The molecule has 142 valence electrons. The second kappa shape index (κ2) is 10.1. The van der Waals surface area contributed by atoms with Crippen molar-refractivity contribution in [2.45, 2.75) is 37.5 Å². The molecule has 25 heavy (non-hydrogen) atoms. The third-order valence-corrected chi connectivity index (χ3v) is 4.62. The molecule has 0 bridgehead atoms. The number of benzene rings is 1. The third-order valence-electron chi connectivity index (χ3n) is 4.62. The van der Waals surface area contributed by atoms with E-state index in [9.17, 15) is 4.79 Å². The summed E-state index contributed by atoms with van der Waals surface area (Å²) in [7, 11) is 1.67.